The fourth-order valence-corrected chi connectivity index (χ4v) is 17.7. The number of hydrogen-bond acceptors (Lipinski definition) is 2. The lowest BCUT2D eigenvalue weighted by Gasteiger charge is -2.22. The Balaban J connectivity index is 0.725. The van der Waals surface area contributed by atoms with E-state index in [0.717, 1.165) is 89.6 Å². The Bertz CT molecular complexity index is 6400. The van der Waals surface area contributed by atoms with Crippen LogP contribution in [0, 0.1) is 0 Å². The molecule has 0 atom stereocenters. The lowest BCUT2D eigenvalue weighted by molar-refractivity contribution is 0.660. The Kier molecular flexibility index (Phi) is 13.3. The molecule has 4 heterocycles. The minimum absolute atomic E-state index is 0.139. The van der Waals surface area contributed by atoms with Gasteiger partial charge in [0.25, 0.3) is 0 Å². The van der Waals surface area contributed by atoms with Crippen molar-refractivity contribution in [3.63, 3.8) is 0 Å². The normalized spacial score (nSPS) is 13.3. The average molecular weight is 1340 g/mol. The van der Waals surface area contributed by atoms with Crippen LogP contribution >= 0.6 is 0 Å². The molecule has 2 aliphatic rings. The molecule has 105 heavy (non-hydrogen) atoms. The van der Waals surface area contributed by atoms with Crippen LogP contribution in [0.2, 0.25) is 0 Å². The number of para-hydroxylation sites is 2. The van der Waals surface area contributed by atoms with Gasteiger partial charge in [-0.05, 0) is 180 Å². The lowest BCUT2D eigenvalue weighted by atomic mass is 9.82. The van der Waals surface area contributed by atoms with Crippen molar-refractivity contribution in [3.05, 3.63) is 368 Å². The molecule has 0 bridgehead atoms. The highest BCUT2D eigenvalue weighted by atomic mass is 15.0. The van der Waals surface area contributed by atoms with Crippen LogP contribution in [0.15, 0.2) is 346 Å². The summed E-state index contributed by atoms with van der Waals surface area (Å²) in [5.41, 5.74) is 34.7. The van der Waals surface area contributed by atoms with E-state index in [-0.39, 0.29) is 10.8 Å². The van der Waals surface area contributed by atoms with E-state index in [0.29, 0.717) is 5.82 Å². The summed E-state index contributed by atoms with van der Waals surface area (Å²) in [6.45, 7) is 9.48. The molecule has 5 nitrogen and oxygen atoms in total. The molecule has 0 saturated carbocycles. The zero-order valence-electron chi connectivity index (χ0n) is 58.6. The zero-order valence-corrected chi connectivity index (χ0v) is 58.6. The summed E-state index contributed by atoms with van der Waals surface area (Å²) in [7, 11) is 0. The van der Waals surface area contributed by atoms with Crippen molar-refractivity contribution in [1.29, 1.82) is 0 Å². The molecular formula is C100H69N5. The Labute approximate surface area is 609 Å². The van der Waals surface area contributed by atoms with E-state index in [4.69, 9.17) is 9.97 Å². The van der Waals surface area contributed by atoms with E-state index in [2.05, 4.69) is 387 Å². The molecule has 4 aromatic heterocycles. The number of fused-ring (bicyclic) bond motifs is 15. The fourth-order valence-electron chi connectivity index (χ4n) is 17.7. The van der Waals surface area contributed by atoms with Crippen LogP contribution in [0.4, 0.5) is 0 Å². The first-order chi connectivity index (χ1) is 51.5. The van der Waals surface area contributed by atoms with Crippen LogP contribution in [0.3, 0.4) is 0 Å². The molecule has 0 aliphatic heterocycles. The second kappa shape index (κ2) is 23.2. The predicted molar refractivity (Wildman–Crippen MR) is 438 cm³/mol. The Hall–Kier alpha value is -13.2. The SMILES string of the molecule is CC1(C)c2ccccc2-c2ccc(-n3c4ccccc4c4ccc(-c5ccc6c7ccc(-c8ccc9c%10ccccc%10n(-c%10ccc%11c(c%10)C(C)(C)c%10ccccc%10-%11)c9c8)cc7n(-c7ccc(-c8nc(-c9ccc(-c%10ccccc%10)cc9)cc(-c9ccc(-c%10ccccc%10)cc9)n8)cc7)c6c5)cc43)cc21. The molecule has 0 unspecified atom stereocenters. The zero-order chi connectivity index (χ0) is 69.8. The van der Waals surface area contributed by atoms with E-state index in [1.807, 2.05) is 0 Å². The Morgan fingerprint density at radius 2 is 0.495 bits per heavy atom. The molecule has 0 spiro atoms. The van der Waals surface area contributed by atoms with Crippen molar-refractivity contribution < 1.29 is 0 Å². The van der Waals surface area contributed by atoms with Gasteiger partial charge in [-0.2, -0.15) is 0 Å². The number of hydrogen-bond donors (Lipinski definition) is 0. The largest absolute Gasteiger partial charge is 0.309 e. The van der Waals surface area contributed by atoms with Crippen molar-refractivity contribution in [2.24, 2.45) is 0 Å². The Morgan fingerprint density at radius 1 is 0.200 bits per heavy atom. The monoisotopic (exact) mass is 1340 g/mol. The maximum atomic E-state index is 5.41. The van der Waals surface area contributed by atoms with Crippen LogP contribution in [0.1, 0.15) is 49.9 Å². The highest BCUT2D eigenvalue weighted by Gasteiger charge is 2.37. The van der Waals surface area contributed by atoms with Crippen molar-refractivity contribution >= 4 is 65.4 Å². The van der Waals surface area contributed by atoms with Crippen LogP contribution in [0.5, 0.6) is 0 Å². The maximum Gasteiger partial charge on any atom is 0.160 e. The summed E-state index contributed by atoms with van der Waals surface area (Å²) in [5.74, 6) is 0.656. The van der Waals surface area contributed by atoms with Crippen molar-refractivity contribution in [2.45, 2.75) is 38.5 Å². The molecule has 2 aliphatic carbocycles. The average Bonchev–Trinajstić information content (AvgIpc) is 1.58. The fraction of sp³-hybridized carbons (Fsp3) is 0.0600. The first-order valence-corrected chi connectivity index (χ1v) is 36.5. The van der Waals surface area contributed by atoms with Gasteiger partial charge < -0.3 is 13.7 Å². The van der Waals surface area contributed by atoms with Crippen molar-refractivity contribution in [1.82, 2.24) is 23.7 Å². The van der Waals surface area contributed by atoms with Gasteiger partial charge in [-0.1, -0.05) is 282 Å². The molecule has 15 aromatic carbocycles. The lowest BCUT2D eigenvalue weighted by Crippen LogP contribution is -2.15. The molecule has 0 N–H and O–H groups in total. The van der Waals surface area contributed by atoms with Crippen LogP contribution in [-0.2, 0) is 10.8 Å². The van der Waals surface area contributed by atoms with E-state index >= 15 is 0 Å². The standard InChI is InChI=1S/C100H69N5/c1-99(2)86-27-15-11-23-76(86)78-53-47-74(59-88(78)99)104-92-29-17-13-25-80(92)82-49-41-71(57-96(82)104)69-43-51-84-85-52-44-70(72-42-50-83-81-26-14-18-30-93(81)105(97(83)58-72)75-48-54-79-77-24-12-16-28-87(77)100(3,4)89(79)60-75)56-95(85)103(94(84)55-69)73-45-39-68(40-46-73)98-101-90(66-35-31-64(32-36-66)62-19-7-5-8-20-62)61-91(102-98)67-37-33-65(34-38-67)63-21-9-6-10-22-63/h5-61H,1-4H3. The highest BCUT2D eigenvalue weighted by molar-refractivity contribution is 6.14. The van der Waals surface area contributed by atoms with Gasteiger partial charge in [0.15, 0.2) is 5.82 Å². The summed E-state index contributed by atoms with van der Waals surface area (Å²) in [4.78, 5) is 10.8. The quantitative estimate of drug-likeness (QED) is 0.137. The second-order valence-corrected chi connectivity index (χ2v) is 29.7. The second-order valence-electron chi connectivity index (χ2n) is 29.7. The number of aromatic nitrogens is 5. The summed E-state index contributed by atoms with van der Waals surface area (Å²) in [6, 6.07) is 128. The predicted octanol–water partition coefficient (Wildman–Crippen LogP) is 26.0. The third-order valence-corrected chi connectivity index (χ3v) is 23.1. The first-order valence-electron chi connectivity index (χ1n) is 36.5. The van der Waals surface area contributed by atoms with Crippen molar-refractivity contribution in [3.8, 4) is 118 Å². The third kappa shape index (κ3) is 9.48. The van der Waals surface area contributed by atoms with E-state index in [9.17, 15) is 0 Å². The molecule has 494 valence electrons. The van der Waals surface area contributed by atoms with E-state index in [1.54, 1.807) is 0 Å². The summed E-state index contributed by atoms with van der Waals surface area (Å²) in [5, 5.41) is 7.28. The van der Waals surface area contributed by atoms with E-state index < -0.39 is 0 Å². The maximum absolute atomic E-state index is 5.41. The number of benzene rings is 15. The van der Waals surface area contributed by atoms with Crippen LogP contribution < -0.4 is 0 Å². The van der Waals surface area contributed by atoms with Gasteiger partial charge >= 0.3 is 0 Å². The smallest absolute Gasteiger partial charge is 0.160 e. The highest BCUT2D eigenvalue weighted by Crippen LogP contribution is 2.52. The van der Waals surface area contributed by atoms with Gasteiger partial charge in [0.05, 0.1) is 44.5 Å². The van der Waals surface area contributed by atoms with Crippen LogP contribution in [-0.4, -0.2) is 23.7 Å². The molecule has 19 aromatic rings. The molecule has 21 rings (SSSR count). The Morgan fingerprint density at radius 3 is 0.905 bits per heavy atom. The van der Waals surface area contributed by atoms with Crippen LogP contribution in [0.25, 0.3) is 183 Å². The topological polar surface area (TPSA) is 40.6 Å². The first kappa shape index (κ1) is 60.5. The number of nitrogens with zero attached hydrogens (tertiary/aromatic N) is 5. The van der Waals surface area contributed by atoms with Gasteiger partial charge in [0.2, 0.25) is 0 Å². The van der Waals surface area contributed by atoms with Crippen molar-refractivity contribution in [2.75, 3.05) is 0 Å². The minimum atomic E-state index is -0.139. The third-order valence-electron chi connectivity index (χ3n) is 23.1. The van der Waals surface area contributed by atoms with Gasteiger partial charge in [0.1, 0.15) is 0 Å². The summed E-state index contributed by atoms with van der Waals surface area (Å²) in [6.07, 6.45) is 0. The minimum Gasteiger partial charge on any atom is -0.309 e. The van der Waals surface area contributed by atoms with Gasteiger partial charge in [-0.3, -0.25) is 0 Å². The molecule has 0 amide bonds. The summed E-state index contributed by atoms with van der Waals surface area (Å²) >= 11 is 0. The van der Waals surface area contributed by atoms with Gasteiger partial charge in [-0.15, -0.1) is 0 Å². The number of rotatable bonds is 10. The molecule has 5 heteroatoms. The van der Waals surface area contributed by atoms with Gasteiger partial charge in [0, 0.05) is 76.9 Å². The summed E-state index contributed by atoms with van der Waals surface area (Å²) < 4.78 is 7.45. The molecule has 0 saturated heterocycles. The molecule has 0 fully saturated rings. The van der Waals surface area contributed by atoms with E-state index in [1.165, 1.54) is 110 Å². The van der Waals surface area contributed by atoms with Gasteiger partial charge in [-0.25, -0.2) is 9.97 Å². The molecular weight excluding hydrogens is 1270 g/mol. The molecule has 0 radical (unpaired) electrons.